The summed E-state index contributed by atoms with van der Waals surface area (Å²) in [5.41, 5.74) is 1.93. The number of rotatable bonds is 3. The molecular weight excluding hydrogens is 306 g/mol. The summed E-state index contributed by atoms with van der Waals surface area (Å²) >= 11 is 7.14. The van der Waals surface area contributed by atoms with Crippen molar-refractivity contribution in [2.75, 3.05) is 6.61 Å². The van der Waals surface area contributed by atoms with Gasteiger partial charge in [-0.1, -0.05) is 35.6 Å². The second-order valence-corrected chi connectivity index (χ2v) is 5.88. The molecule has 2 aromatic rings. The molecule has 108 valence electrons. The van der Waals surface area contributed by atoms with Gasteiger partial charge in [0, 0.05) is 11.6 Å². The number of hydrogen-bond acceptors (Lipinski definition) is 3. The standard InChI is InChI=1S/C16H14ClNO2S/c1-11-9-15(21-14(11)3-2-8-19)16(20)18-10-12-4-6-13(17)7-5-12/h4-7,9,19H,8,10H2,1H3,(H,18,20). The Kier molecular flexibility index (Phi) is 5.40. The summed E-state index contributed by atoms with van der Waals surface area (Å²) in [6, 6.07) is 9.14. The van der Waals surface area contributed by atoms with Crippen LogP contribution in [0.1, 0.15) is 25.7 Å². The number of halogens is 1. The number of aliphatic hydroxyl groups is 1. The van der Waals surface area contributed by atoms with Crippen molar-refractivity contribution in [1.29, 1.82) is 0 Å². The van der Waals surface area contributed by atoms with Crippen LogP contribution in [-0.2, 0) is 6.54 Å². The fraction of sp³-hybridized carbons (Fsp3) is 0.188. The van der Waals surface area contributed by atoms with Gasteiger partial charge in [0.25, 0.3) is 5.91 Å². The zero-order valence-corrected chi connectivity index (χ0v) is 13.0. The normalized spacial score (nSPS) is 9.86. The molecule has 1 aromatic heterocycles. The Morgan fingerprint density at radius 2 is 2.10 bits per heavy atom. The molecule has 21 heavy (non-hydrogen) atoms. The Bertz CT molecular complexity index is 695. The van der Waals surface area contributed by atoms with Crippen molar-refractivity contribution in [3.05, 3.63) is 56.2 Å². The summed E-state index contributed by atoms with van der Waals surface area (Å²) in [7, 11) is 0. The topological polar surface area (TPSA) is 49.3 Å². The summed E-state index contributed by atoms with van der Waals surface area (Å²) in [4.78, 5) is 13.5. The minimum atomic E-state index is -0.185. The molecule has 0 aliphatic heterocycles. The zero-order valence-electron chi connectivity index (χ0n) is 11.4. The first-order valence-corrected chi connectivity index (χ1v) is 7.52. The number of aliphatic hydroxyl groups excluding tert-OH is 1. The van der Waals surface area contributed by atoms with E-state index in [2.05, 4.69) is 17.2 Å². The average Bonchev–Trinajstić information content (AvgIpc) is 2.85. The van der Waals surface area contributed by atoms with Crippen LogP contribution < -0.4 is 5.32 Å². The van der Waals surface area contributed by atoms with Gasteiger partial charge >= 0.3 is 0 Å². The Labute approximate surface area is 132 Å². The van der Waals surface area contributed by atoms with E-state index >= 15 is 0 Å². The average molecular weight is 320 g/mol. The molecule has 0 radical (unpaired) electrons. The predicted molar refractivity (Wildman–Crippen MR) is 85.6 cm³/mol. The monoisotopic (exact) mass is 319 g/mol. The van der Waals surface area contributed by atoms with Crippen LogP contribution in [0, 0.1) is 18.8 Å². The second kappa shape index (κ2) is 7.28. The van der Waals surface area contributed by atoms with Crippen molar-refractivity contribution in [2.45, 2.75) is 13.5 Å². The van der Waals surface area contributed by atoms with Gasteiger partial charge < -0.3 is 10.4 Å². The smallest absolute Gasteiger partial charge is 0.261 e. The van der Waals surface area contributed by atoms with Gasteiger partial charge in [-0.05, 0) is 36.2 Å². The Morgan fingerprint density at radius 3 is 2.76 bits per heavy atom. The second-order valence-electron chi connectivity index (χ2n) is 4.39. The highest BCUT2D eigenvalue weighted by Gasteiger charge is 2.11. The fourth-order valence-electron chi connectivity index (χ4n) is 1.71. The molecule has 1 aromatic carbocycles. The van der Waals surface area contributed by atoms with E-state index in [-0.39, 0.29) is 12.5 Å². The molecule has 0 unspecified atom stereocenters. The number of aryl methyl sites for hydroxylation is 1. The maximum absolute atomic E-state index is 12.1. The van der Waals surface area contributed by atoms with Gasteiger partial charge in [-0.2, -0.15) is 0 Å². The van der Waals surface area contributed by atoms with Crippen LogP contribution in [-0.4, -0.2) is 17.6 Å². The maximum Gasteiger partial charge on any atom is 0.261 e. The lowest BCUT2D eigenvalue weighted by atomic mass is 10.2. The van der Waals surface area contributed by atoms with E-state index in [1.807, 2.05) is 25.1 Å². The third-order valence-electron chi connectivity index (χ3n) is 2.79. The first-order chi connectivity index (χ1) is 10.1. The first-order valence-electron chi connectivity index (χ1n) is 6.33. The minimum absolute atomic E-state index is 0.130. The van der Waals surface area contributed by atoms with Crippen LogP contribution in [0.25, 0.3) is 0 Å². The molecule has 0 saturated carbocycles. The maximum atomic E-state index is 12.1. The molecule has 0 atom stereocenters. The van der Waals surface area contributed by atoms with Gasteiger partial charge in [0.05, 0.1) is 9.75 Å². The van der Waals surface area contributed by atoms with Gasteiger partial charge in [-0.3, -0.25) is 4.79 Å². The molecule has 0 saturated heterocycles. The molecule has 1 heterocycles. The highest BCUT2D eigenvalue weighted by Crippen LogP contribution is 2.21. The number of benzene rings is 1. The quantitative estimate of drug-likeness (QED) is 0.855. The van der Waals surface area contributed by atoms with Crippen molar-refractivity contribution >= 4 is 28.8 Å². The Morgan fingerprint density at radius 1 is 1.38 bits per heavy atom. The van der Waals surface area contributed by atoms with E-state index in [4.69, 9.17) is 16.7 Å². The van der Waals surface area contributed by atoms with Gasteiger partial charge in [0.2, 0.25) is 0 Å². The SMILES string of the molecule is Cc1cc(C(=O)NCc2ccc(Cl)cc2)sc1C#CCO. The Hall–Kier alpha value is -1.80. The molecule has 0 bridgehead atoms. The highest BCUT2D eigenvalue weighted by molar-refractivity contribution is 7.14. The van der Waals surface area contributed by atoms with Gasteiger partial charge in [0.15, 0.2) is 0 Å². The highest BCUT2D eigenvalue weighted by atomic mass is 35.5. The van der Waals surface area contributed by atoms with Crippen LogP contribution in [0.2, 0.25) is 5.02 Å². The number of hydrogen-bond donors (Lipinski definition) is 2. The molecule has 0 fully saturated rings. The number of thiophene rings is 1. The largest absolute Gasteiger partial charge is 0.384 e. The van der Waals surface area contributed by atoms with E-state index in [0.717, 1.165) is 16.0 Å². The van der Waals surface area contributed by atoms with Gasteiger partial charge in [-0.25, -0.2) is 0 Å². The number of amides is 1. The summed E-state index contributed by atoms with van der Waals surface area (Å²) in [6.07, 6.45) is 0. The number of carbonyl (C=O) groups excluding carboxylic acids is 1. The fourth-order valence-corrected chi connectivity index (χ4v) is 2.80. The van der Waals surface area contributed by atoms with E-state index in [1.54, 1.807) is 12.1 Å². The molecule has 2 N–H and O–H groups in total. The van der Waals surface area contributed by atoms with Gasteiger partial charge in [-0.15, -0.1) is 11.3 Å². The summed E-state index contributed by atoms with van der Waals surface area (Å²) in [6.45, 7) is 2.16. The molecule has 3 nitrogen and oxygen atoms in total. The lowest BCUT2D eigenvalue weighted by Crippen LogP contribution is -2.21. The van der Waals surface area contributed by atoms with E-state index in [9.17, 15) is 4.79 Å². The molecule has 0 aliphatic carbocycles. The van der Waals surface area contributed by atoms with Crippen molar-refractivity contribution in [1.82, 2.24) is 5.32 Å². The van der Waals surface area contributed by atoms with Crippen LogP contribution in [0.3, 0.4) is 0 Å². The van der Waals surface area contributed by atoms with Crippen LogP contribution in [0.15, 0.2) is 30.3 Å². The molecule has 2 rings (SSSR count). The van der Waals surface area contributed by atoms with Crippen LogP contribution in [0.5, 0.6) is 0 Å². The predicted octanol–water partition coefficient (Wildman–Crippen LogP) is 2.98. The number of nitrogens with one attached hydrogen (secondary N) is 1. The third kappa shape index (κ3) is 4.33. The van der Waals surface area contributed by atoms with E-state index in [0.29, 0.717) is 16.4 Å². The molecule has 0 aliphatic rings. The van der Waals surface area contributed by atoms with E-state index < -0.39 is 0 Å². The molecular formula is C16H14ClNO2S. The third-order valence-corrected chi connectivity index (χ3v) is 4.19. The summed E-state index contributed by atoms with van der Waals surface area (Å²) in [5, 5.41) is 12.2. The molecule has 0 spiro atoms. The molecule has 1 amide bonds. The van der Waals surface area contributed by atoms with Crippen molar-refractivity contribution in [3.8, 4) is 11.8 Å². The lowest BCUT2D eigenvalue weighted by molar-refractivity contribution is 0.0955. The van der Waals surface area contributed by atoms with Crippen LogP contribution in [0.4, 0.5) is 0 Å². The Balaban J connectivity index is 2.02. The van der Waals surface area contributed by atoms with Crippen molar-refractivity contribution in [3.63, 3.8) is 0 Å². The lowest BCUT2D eigenvalue weighted by Gasteiger charge is -2.03. The van der Waals surface area contributed by atoms with Crippen molar-refractivity contribution < 1.29 is 9.90 Å². The van der Waals surface area contributed by atoms with Gasteiger partial charge in [0.1, 0.15) is 6.61 Å². The first kappa shape index (κ1) is 15.6. The molecule has 5 heteroatoms. The minimum Gasteiger partial charge on any atom is -0.384 e. The summed E-state index contributed by atoms with van der Waals surface area (Å²) < 4.78 is 0. The summed E-state index contributed by atoms with van der Waals surface area (Å²) in [5.74, 6) is 5.30. The number of carbonyl (C=O) groups is 1. The van der Waals surface area contributed by atoms with E-state index in [1.165, 1.54) is 11.3 Å². The zero-order chi connectivity index (χ0) is 15.2. The van der Waals surface area contributed by atoms with Crippen molar-refractivity contribution in [2.24, 2.45) is 0 Å². The van der Waals surface area contributed by atoms with Crippen LogP contribution >= 0.6 is 22.9 Å².